The van der Waals surface area contributed by atoms with E-state index < -0.39 is 0 Å². The van der Waals surface area contributed by atoms with Gasteiger partial charge in [-0.3, -0.25) is 0 Å². The molecule has 2 rings (SSSR count). The van der Waals surface area contributed by atoms with Crippen molar-refractivity contribution in [2.75, 3.05) is 32.6 Å². The van der Waals surface area contributed by atoms with Crippen molar-refractivity contribution in [1.82, 2.24) is 9.88 Å². The Morgan fingerprint density at radius 1 is 1.32 bits per heavy atom. The first-order valence-corrected chi connectivity index (χ1v) is 7.05. The van der Waals surface area contributed by atoms with Gasteiger partial charge in [-0.1, -0.05) is 6.07 Å². The predicted molar refractivity (Wildman–Crippen MR) is 80.4 cm³/mol. The number of nitrogens with two attached hydrogens (primary N) is 1. The lowest BCUT2D eigenvalue weighted by Crippen LogP contribution is -2.56. The molecule has 0 unspecified atom stereocenters. The van der Waals surface area contributed by atoms with E-state index in [4.69, 9.17) is 5.73 Å². The van der Waals surface area contributed by atoms with Crippen LogP contribution in [0.5, 0.6) is 0 Å². The summed E-state index contributed by atoms with van der Waals surface area (Å²) in [5, 5.41) is 0. The molecule has 1 heterocycles. The normalized spacial score (nSPS) is 19.1. The smallest absolute Gasteiger partial charge is 0.128 e. The molecule has 0 amide bonds. The van der Waals surface area contributed by atoms with Gasteiger partial charge in [0.05, 0.1) is 0 Å². The minimum atomic E-state index is 0.0478. The van der Waals surface area contributed by atoms with Gasteiger partial charge in [-0.15, -0.1) is 0 Å². The lowest BCUT2D eigenvalue weighted by Gasteiger charge is -2.49. The molecule has 1 aliphatic carbocycles. The fraction of sp³-hybridized carbons (Fsp3) is 0.667. The Morgan fingerprint density at radius 2 is 2.00 bits per heavy atom. The van der Waals surface area contributed by atoms with Crippen molar-refractivity contribution in [2.24, 2.45) is 5.73 Å². The van der Waals surface area contributed by atoms with Gasteiger partial charge < -0.3 is 15.5 Å². The number of hydrogen-bond donors (Lipinski definition) is 1. The second-order valence-corrected chi connectivity index (χ2v) is 6.07. The van der Waals surface area contributed by atoms with E-state index in [1.807, 2.05) is 13.1 Å². The van der Waals surface area contributed by atoms with Crippen molar-refractivity contribution in [3.8, 4) is 0 Å². The molecule has 19 heavy (non-hydrogen) atoms. The van der Waals surface area contributed by atoms with Crippen LogP contribution in [0.15, 0.2) is 18.3 Å². The van der Waals surface area contributed by atoms with Crippen molar-refractivity contribution in [3.63, 3.8) is 0 Å². The highest BCUT2D eigenvalue weighted by molar-refractivity contribution is 5.39. The SMILES string of the molecule is C[C@H](N)c1ccc(N(C)CC2(N(C)C)CCC2)nc1. The van der Waals surface area contributed by atoms with Gasteiger partial charge in [-0.25, -0.2) is 4.98 Å². The molecule has 4 heteroatoms. The maximum atomic E-state index is 5.85. The molecule has 1 atom stereocenters. The van der Waals surface area contributed by atoms with Gasteiger partial charge in [0.2, 0.25) is 0 Å². The van der Waals surface area contributed by atoms with Gasteiger partial charge in [0.1, 0.15) is 5.82 Å². The van der Waals surface area contributed by atoms with E-state index in [2.05, 4.69) is 48.1 Å². The van der Waals surface area contributed by atoms with E-state index in [1.165, 1.54) is 19.3 Å². The van der Waals surface area contributed by atoms with E-state index in [1.54, 1.807) is 0 Å². The maximum Gasteiger partial charge on any atom is 0.128 e. The third kappa shape index (κ3) is 2.90. The third-order valence-corrected chi connectivity index (χ3v) is 4.45. The Bertz CT molecular complexity index is 407. The summed E-state index contributed by atoms with van der Waals surface area (Å²) in [6.45, 7) is 3.01. The van der Waals surface area contributed by atoms with Crippen molar-refractivity contribution >= 4 is 5.82 Å². The van der Waals surface area contributed by atoms with Crippen LogP contribution in [0.1, 0.15) is 37.8 Å². The second-order valence-electron chi connectivity index (χ2n) is 6.07. The number of likely N-dealkylation sites (N-methyl/N-ethyl adjacent to an activating group) is 2. The van der Waals surface area contributed by atoms with Crippen LogP contribution in [0.25, 0.3) is 0 Å². The van der Waals surface area contributed by atoms with Crippen molar-refractivity contribution in [3.05, 3.63) is 23.9 Å². The fourth-order valence-corrected chi connectivity index (χ4v) is 2.75. The molecule has 1 aromatic heterocycles. The van der Waals surface area contributed by atoms with E-state index >= 15 is 0 Å². The lowest BCUT2D eigenvalue weighted by atomic mass is 9.75. The lowest BCUT2D eigenvalue weighted by molar-refractivity contribution is 0.0682. The van der Waals surface area contributed by atoms with Crippen LogP contribution in [-0.2, 0) is 0 Å². The van der Waals surface area contributed by atoms with Crippen LogP contribution in [0.2, 0.25) is 0 Å². The molecule has 1 saturated carbocycles. The summed E-state index contributed by atoms with van der Waals surface area (Å²) in [5.74, 6) is 1.03. The monoisotopic (exact) mass is 262 g/mol. The largest absolute Gasteiger partial charge is 0.358 e. The molecule has 1 aliphatic rings. The summed E-state index contributed by atoms with van der Waals surface area (Å²) < 4.78 is 0. The number of pyridine rings is 1. The molecule has 106 valence electrons. The van der Waals surface area contributed by atoms with E-state index in [9.17, 15) is 0 Å². The van der Waals surface area contributed by atoms with Crippen LogP contribution >= 0.6 is 0 Å². The van der Waals surface area contributed by atoms with Crippen molar-refractivity contribution in [2.45, 2.75) is 37.8 Å². The molecule has 0 bridgehead atoms. The Hall–Kier alpha value is -1.13. The molecular formula is C15H26N4. The van der Waals surface area contributed by atoms with E-state index in [-0.39, 0.29) is 6.04 Å². The number of hydrogen-bond acceptors (Lipinski definition) is 4. The summed E-state index contributed by atoms with van der Waals surface area (Å²) in [5.41, 5.74) is 7.27. The van der Waals surface area contributed by atoms with Crippen LogP contribution in [0.4, 0.5) is 5.82 Å². The van der Waals surface area contributed by atoms with Crippen LogP contribution in [-0.4, -0.2) is 43.1 Å². The highest BCUT2D eigenvalue weighted by Crippen LogP contribution is 2.37. The molecule has 4 nitrogen and oxygen atoms in total. The molecule has 0 spiro atoms. The summed E-state index contributed by atoms with van der Waals surface area (Å²) in [6, 6.07) is 4.19. The average Bonchev–Trinajstić information content (AvgIpc) is 2.33. The first kappa shape index (κ1) is 14.3. The zero-order chi connectivity index (χ0) is 14.0. The van der Waals surface area contributed by atoms with Crippen LogP contribution in [0, 0.1) is 0 Å². The Kier molecular flexibility index (Phi) is 4.11. The van der Waals surface area contributed by atoms with E-state index in [0.717, 1.165) is 17.9 Å². The molecule has 1 fully saturated rings. The Balaban J connectivity index is 2.05. The number of rotatable bonds is 5. The molecule has 0 aliphatic heterocycles. The molecule has 0 aromatic carbocycles. The Labute approximate surface area is 116 Å². The molecular weight excluding hydrogens is 236 g/mol. The molecule has 1 aromatic rings. The predicted octanol–water partition coefficient (Wildman–Crippen LogP) is 2.02. The highest BCUT2D eigenvalue weighted by atomic mass is 15.2. The highest BCUT2D eigenvalue weighted by Gasteiger charge is 2.40. The minimum Gasteiger partial charge on any atom is -0.358 e. The molecule has 0 saturated heterocycles. The summed E-state index contributed by atoms with van der Waals surface area (Å²) in [7, 11) is 6.48. The maximum absolute atomic E-state index is 5.85. The third-order valence-electron chi connectivity index (χ3n) is 4.45. The van der Waals surface area contributed by atoms with Crippen LogP contribution in [0.3, 0.4) is 0 Å². The van der Waals surface area contributed by atoms with Gasteiger partial charge in [-0.2, -0.15) is 0 Å². The number of nitrogens with zero attached hydrogens (tertiary/aromatic N) is 3. The van der Waals surface area contributed by atoms with Gasteiger partial charge >= 0.3 is 0 Å². The van der Waals surface area contributed by atoms with Gasteiger partial charge in [-0.05, 0) is 51.9 Å². The van der Waals surface area contributed by atoms with Crippen molar-refractivity contribution < 1.29 is 0 Å². The van der Waals surface area contributed by atoms with Gasteiger partial charge in [0.15, 0.2) is 0 Å². The first-order valence-electron chi connectivity index (χ1n) is 7.05. The Morgan fingerprint density at radius 3 is 2.37 bits per heavy atom. The first-order chi connectivity index (χ1) is 8.94. The summed E-state index contributed by atoms with van der Waals surface area (Å²) in [6.07, 6.45) is 5.78. The number of aromatic nitrogens is 1. The standard InChI is InChI=1S/C15H26N4/c1-12(16)13-6-7-14(17-10-13)19(4)11-15(18(2)3)8-5-9-15/h6-7,10,12H,5,8-9,11,16H2,1-4H3/t12-/m0/s1. The average molecular weight is 262 g/mol. The van der Waals surface area contributed by atoms with Crippen molar-refractivity contribution in [1.29, 1.82) is 0 Å². The zero-order valence-corrected chi connectivity index (χ0v) is 12.6. The van der Waals surface area contributed by atoms with Crippen LogP contribution < -0.4 is 10.6 Å². The molecule has 0 radical (unpaired) electrons. The van der Waals surface area contributed by atoms with Gasteiger partial charge in [0, 0.05) is 31.4 Å². The topological polar surface area (TPSA) is 45.4 Å². The summed E-state index contributed by atoms with van der Waals surface area (Å²) >= 11 is 0. The zero-order valence-electron chi connectivity index (χ0n) is 12.6. The molecule has 2 N–H and O–H groups in total. The van der Waals surface area contributed by atoms with Gasteiger partial charge in [0.25, 0.3) is 0 Å². The van der Waals surface area contributed by atoms with E-state index in [0.29, 0.717) is 5.54 Å². The second kappa shape index (κ2) is 5.47. The fourth-order valence-electron chi connectivity index (χ4n) is 2.75. The summed E-state index contributed by atoms with van der Waals surface area (Å²) in [4.78, 5) is 9.15. The quantitative estimate of drug-likeness (QED) is 0.882. The minimum absolute atomic E-state index is 0.0478. The number of anilines is 1.